The van der Waals surface area contributed by atoms with Crippen LogP contribution in [0.4, 0.5) is 0 Å². The van der Waals surface area contributed by atoms with E-state index >= 15 is 0 Å². The van der Waals surface area contributed by atoms with Gasteiger partial charge in [0.15, 0.2) is 0 Å². The quantitative estimate of drug-likeness (QED) is 0.643. The summed E-state index contributed by atoms with van der Waals surface area (Å²) >= 11 is 0. The highest BCUT2D eigenvalue weighted by atomic mass is 15.0. The van der Waals surface area contributed by atoms with Crippen molar-refractivity contribution in [3.8, 4) is 0 Å². The first-order valence-electron chi connectivity index (χ1n) is 4.68. The van der Waals surface area contributed by atoms with E-state index in [1.807, 2.05) is 0 Å². The predicted molar refractivity (Wildman–Crippen MR) is 48.5 cm³/mol. The summed E-state index contributed by atoms with van der Waals surface area (Å²) in [5, 5.41) is 3.45. The average Bonchev–Trinajstić information content (AvgIpc) is 1.96. The summed E-state index contributed by atoms with van der Waals surface area (Å²) in [5.74, 6) is 0. The molecule has 11 heavy (non-hydrogen) atoms. The minimum absolute atomic E-state index is 0.142. The van der Waals surface area contributed by atoms with E-state index in [0.29, 0.717) is 6.04 Å². The van der Waals surface area contributed by atoms with E-state index < -0.39 is 0 Å². The Labute approximate surface area is 69.5 Å². The third kappa shape index (κ3) is 2.46. The average molecular weight is 156 g/mol. The van der Waals surface area contributed by atoms with E-state index in [1.54, 1.807) is 0 Å². The normalized spacial score (nSPS) is 24.3. The van der Waals surface area contributed by atoms with E-state index in [2.05, 4.69) is 19.2 Å². The van der Waals surface area contributed by atoms with Crippen LogP contribution >= 0.6 is 0 Å². The Balaban J connectivity index is 2.11. The molecule has 0 amide bonds. The first kappa shape index (κ1) is 9.01. The zero-order valence-corrected chi connectivity index (χ0v) is 7.69. The van der Waals surface area contributed by atoms with Crippen LogP contribution in [0, 0.1) is 0 Å². The van der Waals surface area contributed by atoms with Gasteiger partial charge in [-0.3, -0.25) is 0 Å². The smallest absolute Gasteiger partial charge is 0.0280 e. The lowest BCUT2D eigenvalue weighted by molar-refractivity contribution is 0.231. The molecule has 1 fully saturated rings. The third-order valence-electron chi connectivity index (χ3n) is 2.76. The highest BCUT2D eigenvalue weighted by Gasteiger charge is 2.31. The summed E-state index contributed by atoms with van der Waals surface area (Å²) in [5.41, 5.74) is 6.19. The van der Waals surface area contributed by atoms with Crippen molar-refractivity contribution in [2.75, 3.05) is 6.54 Å². The van der Waals surface area contributed by atoms with Gasteiger partial charge in [-0.2, -0.15) is 0 Å². The van der Waals surface area contributed by atoms with Gasteiger partial charge in [-0.05, 0) is 32.6 Å². The molecule has 1 saturated carbocycles. The Morgan fingerprint density at radius 1 is 1.55 bits per heavy atom. The van der Waals surface area contributed by atoms with E-state index in [1.165, 1.54) is 25.7 Å². The molecule has 1 rings (SSSR count). The van der Waals surface area contributed by atoms with Gasteiger partial charge in [-0.25, -0.2) is 0 Å². The molecule has 1 aliphatic carbocycles. The lowest BCUT2D eigenvalue weighted by atomic mass is 9.77. The predicted octanol–water partition coefficient (Wildman–Crippen LogP) is 1.26. The Morgan fingerprint density at radius 2 is 2.18 bits per heavy atom. The maximum absolute atomic E-state index is 6.04. The van der Waals surface area contributed by atoms with Gasteiger partial charge < -0.3 is 11.1 Å². The molecule has 1 unspecified atom stereocenters. The topological polar surface area (TPSA) is 38.0 Å². The van der Waals surface area contributed by atoms with Crippen LogP contribution in [-0.2, 0) is 0 Å². The van der Waals surface area contributed by atoms with Gasteiger partial charge >= 0.3 is 0 Å². The second-order valence-electron chi connectivity index (χ2n) is 3.91. The Hall–Kier alpha value is -0.0800. The zero-order chi connectivity index (χ0) is 8.32. The first-order valence-corrected chi connectivity index (χ1v) is 4.68. The molecule has 0 radical (unpaired) electrons. The highest BCUT2D eigenvalue weighted by Crippen LogP contribution is 2.28. The van der Waals surface area contributed by atoms with Crippen LogP contribution in [0.25, 0.3) is 0 Å². The van der Waals surface area contributed by atoms with Crippen molar-refractivity contribution in [2.24, 2.45) is 5.73 Å². The number of nitrogens with one attached hydrogen (secondary N) is 1. The van der Waals surface area contributed by atoms with Crippen LogP contribution in [0.5, 0.6) is 0 Å². The molecule has 0 heterocycles. The van der Waals surface area contributed by atoms with Gasteiger partial charge in [0.1, 0.15) is 0 Å². The molecule has 0 aliphatic heterocycles. The van der Waals surface area contributed by atoms with Crippen LogP contribution in [-0.4, -0.2) is 18.1 Å². The standard InChI is InChI=1S/C9H20N2/c1-3-8(2)11-7-9(10)5-4-6-9/h8,11H,3-7,10H2,1-2H3. The first-order chi connectivity index (χ1) is 5.16. The van der Waals surface area contributed by atoms with Crippen LogP contribution in [0.2, 0.25) is 0 Å². The summed E-state index contributed by atoms with van der Waals surface area (Å²) in [6, 6.07) is 0.621. The molecule has 0 aromatic rings. The number of nitrogens with two attached hydrogens (primary N) is 1. The molecule has 3 N–H and O–H groups in total. The molecule has 0 spiro atoms. The van der Waals surface area contributed by atoms with Crippen molar-refractivity contribution in [1.82, 2.24) is 5.32 Å². The van der Waals surface area contributed by atoms with Gasteiger partial charge in [0.25, 0.3) is 0 Å². The van der Waals surface area contributed by atoms with Crippen LogP contribution < -0.4 is 11.1 Å². The van der Waals surface area contributed by atoms with E-state index in [0.717, 1.165) is 6.54 Å². The molecule has 1 aliphatic rings. The van der Waals surface area contributed by atoms with Gasteiger partial charge in [0.2, 0.25) is 0 Å². The molecule has 0 aromatic carbocycles. The van der Waals surface area contributed by atoms with Crippen molar-refractivity contribution in [1.29, 1.82) is 0 Å². The maximum atomic E-state index is 6.04. The molecule has 0 saturated heterocycles. The Morgan fingerprint density at radius 3 is 2.55 bits per heavy atom. The van der Waals surface area contributed by atoms with Gasteiger partial charge in [-0.15, -0.1) is 0 Å². The van der Waals surface area contributed by atoms with Crippen molar-refractivity contribution in [3.63, 3.8) is 0 Å². The number of hydrogen-bond acceptors (Lipinski definition) is 2. The Kier molecular flexibility index (Phi) is 2.90. The second kappa shape index (κ2) is 3.55. The van der Waals surface area contributed by atoms with Crippen LogP contribution in [0.15, 0.2) is 0 Å². The Bertz CT molecular complexity index is 119. The number of hydrogen-bond donors (Lipinski definition) is 2. The fourth-order valence-corrected chi connectivity index (χ4v) is 1.33. The molecule has 1 atom stereocenters. The summed E-state index contributed by atoms with van der Waals surface area (Å²) in [4.78, 5) is 0. The van der Waals surface area contributed by atoms with Gasteiger partial charge in [-0.1, -0.05) is 6.92 Å². The van der Waals surface area contributed by atoms with Gasteiger partial charge in [0.05, 0.1) is 0 Å². The molecule has 2 heteroatoms. The molecular formula is C9H20N2. The fraction of sp³-hybridized carbons (Fsp3) is 1.00. The highest BCUT2D eigenvalue weighted by molar-refractivity contribution is 4.94. The van der Waals surface area contributed by atoms with Gasteiger partial charge in [0, 0.05) is 18.1 Å². The van der Waals surface area contributed by atoms with Crippen molar-refractivity contribution >= 4 is 0 Å². The van der Waals surface area contributed by atoms with Crippen LogP contribution in [0.3, 0.4) is 0 Å². The minimum atomic E-state index is 0.142. The lowest BCUT2D eigenvalue weighted by Gasteiger charge is -2.39. The third-order valence-corrected chi connectivity index (χ3v) is 2.76. The summed E-state index contributed by atoms with van der Waals surface area (Å²) in [6.07, 6.45) is 4.92. The molecule has 0 bridgehead atoms. The fourth-order valence-electron chi connectivity index (χ4n) is 1.33. The number of rotatable bonds is 4. The maximum Gasteiger partial charge on any atom is 0.0280 e. The molecule has 66 valence electrons. The van der Waals surface area contributed by atoms with Crippen LogP contribution in [0.1, 0.15) is 39.5 Å². The van der Waals surface area contributed by atoms with Crippen molar-refractivity contribution in [3.05, 3.63) is 0 Å². The lowest BCUT2D eigenvalue weighted by Crippen LogP contribution is -2.55. The van der Waals surface area contributed by atoms with E-state index in [4.69, 9.17) is 5.73 Å². The summed E-state index contributed by atoms with van der Waals surface area (Å²) in [7, 11) is 0. The molecular weight excluding hydrogens is 136 g/mol. The molecule has 2 nitrogen and oxygen atoms in total. The van der Waals surface area contributed by atoms with Crippen molar-refractivity contribution < 1.29 is 0 Å². The monoisotopic (exact) mass is 156 g/mol. The largest absolute Gasteiger partial charge is 0.324 e. The second-order valence-corrected chi connectivity index (χ2v) is 3.91. The summed E-state index contributed by atoms with van der Waals surface area (Å²) in [6.45, 7) is 5.41. The minimum Gasteiger partial charge on any atom is -0.324 e. The SMILES string of the molecule is CCC(C)NCC1(N)CCC1. The van der Waals surface area contributed by atoms with E-state index in [-0.39, 0.29) is 5.54 Å². The zero-order valence-electron chi connectivity index (χ0n) is 7.69. The molecule has 0 aromatic heterocycles. The summed E-state index contributed by atoms with van der Waals surface area (Å²) < 4.78 is 0. The van der Waals surface area contributed by atoms with E-state index in [9.17, 15) is 0 Å². The van der Waals surface area contributed by atoms with Crippen molar-refractivity contribution in [2.45, 2.75) is 51.1 Å².